The van der Waals surface area contributed by atoms with Gasteiger partial charge in [-0.25, -0.2) is 0 Å². The van der Waals surface area contributed by atoms with E-state index in [4.69, 9.17) is 0 Å². The Bertz CT molecular complexity index is 829. The molecule has 0 aliphatic heterocycles. The quantitative estimate of drug-likeness (QED) is 0.309. The molecule has 0 aliphatic rings. The van der Waals surface area contributed by atoms with Gasteiger partial charge in [0.2, 0.25) is 0 Å². The Balaban J connectivity index is 1.51. The molecule has 0 spiro atoms. The highest BCUT2D eigenvalue weighted by Gasteiger charge is 2.02. The van der Waals surface area contributed by atoms with Crippen LogP contribution in [0, 0.1) is 0 Å². The summed E-state index contributed by atoms with van der Waals surface area (Å²) in [4.78, 5) is 4.66. The van der Waals surface area contributed by atoms with Crippen LogP contribution in [0.1, 0.15) is 68.2 Å². The molecule has 0 unspecified atom stereocenters. The molecule has 0 radical (unpaired) electrons. The largest absolute Gasteiger partial charge is 0.256 e. The van der Waals surface area contributed by atoms with Crippen molar-refractivity contribution < 1.29 is 0 Å². The molecule has 0 amide bonds. The molecule has 29 heavy (non-hydrogen) atoms. The van der Waals surface area contributed by atoms with Crippen LogP contribution in [0.25, 0.3) is 11.3 Å². The van der Waals surface area contributed by atoms with Gasteiger partial charge in [-0.1, -0.05) is 87.7 Å². The van der Waals surface area contributed by atoms with Gasteiger partial charge in [0, 0.05) is 11.8 Å². The molecule has 1 heteroatoms. The number of hydrogen-bond acceptors (Lipinski definition) is 1. The number of rotatable bonds is 11. The fraction of sp³-hybridized carbons (Fsp3) is 0.393. The molecule has 1 nitrogen and oxygen atoms in total. The van der Waals surface area contributed by atoms with Crippen molar-refractivity contribution in [1.29, 1.82) is 0 Å². The monoisotopic (exact) mass is 385 g/mol. The third kappa shape index (κ3) is 6.85. The first-order valence-corrected chi connectivity index (χ1v) is 11.4. The maximum Gasteiger partial charge on any atom is 0.0702 e. The Morgan fingerprint density at radius 3 is 1.59 bits per heavy atom. The van der Waals surface area contributed by atoms with E-state index in [0.29, 0.717) is 0 Å². The van der Waals surface area contributed by atoms with Crippen molar-refractivity contribution in [3.63, 3.8) is 0 Å². The molecule has 0 atom stereocenters. The zero-order valence-electron chi connectivity index (χ0n) is 18.2. The van der Waals surface area contributed by atoms with Crippen molar-refractivity contribution in [1.82, 2.24) is 4.98 Å². The van der Waals surface area contributed by atoms with Crippen LogP contribution in [-0.2, 0) is 25.7 Å². The average molecular weight is 386 g/mol. The van der Waals surface area contributed by atoms with Gasteiger partial charge in [-0.2, -0.15) is 0 Å². The zero-order valence-corrected chi connectivity index (χ0v) is 18.2. The summed E-state index contributed by atoms with van der Waals surface area (Å²) in [6, 6.07) is 22.5. The van der Waals surface area contributed by atoms with E-state index < -0.39 is 0 Å². The normalized spacial score (nSPS) is 11.0. The second kappa shape index (κ2) is 11.6. The maximum atomic E-state index is 4.66. The van der Waals surface area contributed by atoms with Gasteiger partial charge in [-0.05, 0) is 66.8 Å². The van der Waals surface area contributed by atoms with Crippen molar-refractivity contribution in [3.8, 4) is 11.3 Å². The van der Waals surface area contributed by atoms with Crippen LogP contribution in [0.3, 0.4) is 0 Å². The third-order valence-electron chi connectivity index (χ3n) is 5.69. The first kappa shape index (κ1) is 21.3. The second-order valence-electron chi connectivity index (χ2n) is 8.13. The van der Waals surface area contributed by atoms with Gasteiger partial charge in [0.25, 0.3) is 0 Å². The first-order valence-electron chi connectivity index (χ1n) is 11.4. The van der Waals surface area contributed by atoms with Crippen LogP contribution in [0.4, 0.5) is 0 Å². The summed E-state index contributed by atoms with van der Waals surface area (Å²) in [6.07, 6.45) is 12.9. The van der Waals surface area contributed by atoms with Crippen molar-refractivity contribution in [3.05, 3.63) is 89.1 Å². The molecular weight excluding hydrogens is 350 g/mol. The molecule has 0 fully saturated rings. The summed E-state index contributed by atoms with van der Waals surface area (Å²) >= 11 is 0. The molecule has 3 rings (SSSR count). The number of benzene rings is 2. The van der Waals surface area contributed by atoms with Gasteiger partial charge in [-0.15, -0.1) is 0 Å². The highest BCUT2D eigenvalue weighted by Crippen LogP contribution is 2.19. The van der Waals surface area contributed by atoms with Crippen LogP contribution in [0.5, 0.6) is 0 Å². The van der Waals surface area contributed by atoms with Gasteiger partial charge >= 0.3 is 0 Å². The zero-order chi connectivity index (χ0) is 20.3. The van der Waals surface area contributed by atoms with E-state index in [-0.39, 0.29) is 0 Å². The lowest BCUT2D eigenvalue weighted by Crippen LogP contribution is -1.93. The van der Waals surface area contributed by atoms with Crippen LogP contribution in [-0.4, -0.2) is 4.98 Å². The van der Waals surface area contributed by atoms with Gasteiger partial charge in [0.05, 0.1) is 5.69 Å². The van der Waals surface area contributed by atoms with E-state index in [9.17, 15) is 0 Å². The van der Waals surface area contributed by atoms with Crippen LogP contribution in [0.15, 0.2) is 66.9 Å². The van der Waals surface area contributed by atoms with Crippen LogP contribution in [0.2, 0.25) is 0 Å². The minimum atomic E-state index is 1.07. The molecule has 0 bridgehead atoms. The summed E-state index contributed by atoms with van der Waals surface area (Å²) in [6.45, 7) is 4.49. The molecule has 0 saturated heterocycles. The molecule has 0 N–H and O–H groups in total. The lowest BCUT2D eigenvalue weighted by atomic mass is 10.00. The maximum absolute atomic E-state index is 4.66. The summed E-state index contributed by atoms with van der Waals surface area (Å²) in [5.41, 5.74) is 7.89. The Morgan fingerprint density at radius 1 is 0.517 bits per heavy atom. The number of hydrogen-bond donors (Lipinski definition) is 0. The van der Waals surface area contributed by atoms with Crippen molar-refractivity contribution in [2.24, 2.45) is 0 Å². The molecule has 1 heterocycles. The van der Waals surface area contributed by atoms with Crippen LogP contribution >= 0.6 is 0 Å². The average Bonchev–Trinajstić information content (AvgIpc) is 2.78. The van der Waals surface area contributed by atoms with Gasteiger partial charge in [0.15, 0.2) is 0 Å². The molecule has 1 aromatic heterocycles. The van der Waals surface area contributed by atoms with Crippen molar-refractivity contribution >= 4 is 0 Å². The predicted octanol–water partition coefficient (Wildman–Crippen LogP) is 7.61. The van der Waals surface area contributed by atoms with Gasteiger partial charge in [0.1, 0.15) is 0 Å². The lowest BCUT2D eigenvalue weighted by Gasteiger charge is -2.07. The number of aromatic nitrogens is 1. The SMILES string of the molecule is CCCCCc1ccc(CCc2ccc(-c3ccc(CCCC)cn3)cc2)cc1. The van der Waals surface area contributed by atoms with Crippen molar-refractivity contribution in [2.75, 3.05) is 0 Å². The fourth-order valence-corrected chi connectivity index (χ4v) is 3.71. The lowest BCUT2D eigenvalue weighted by molar-refractivity contribution is 0.717. The molecular formula is C28H35N. The molecule has 0 saturated carbocycles. The Labute approximate surface area is 177 Å². The van der Waals surface area contributed by atoms with Gasteiger partial charge < -0.3 is 0 Å². The standard InChI is InChI=1S/C28H35N/c1-3-5-7-9-23-10-12-24(13-11-23)14-15-25-16-19-27(20-17-25)28-21-18-26(22-29-28)8-6-4-2/h10-13,16-22H,3-9,14-15H2,1-2H3. The van der Waals surface area contributed by atoms with E-state index >= 15 is 0 Å². The number of pyridine rings is 1. The molecule has 0 aliphatic carbocycles. The molecule has 152 valence electrons. The third-order valence-corrected chi connectivity index (χ3v) is 5.69. The number of aryl methyl sites for hydroxylation is 4. The summed E-state index contributed by atoms with van der Waals surface area (Å²) < 4.78 is 0. The smallest absolute Gasteiger partial charge is 0.0702 e. The second-order valence-corrected chi connectivity index (χ2v) is 8.13. The summed E-state index contributed by atoms with van der Waals surface area (Å²) in [5, 5.41) is 0. The minimum absolute atomic E-state index is 1.07. The number of nitrogens with zero attached hydrogens (tertiary/aromatic N) is 1. The summed E-state index contributed by atoms with van der Waals surface area (Å²) in [7, 11) is 0. The fourth-order valence-electron chi connectivity index (χ4n) is 3.71. The van der Waals surface area contributed by atoms with E-state index in [1.807, 2.05) is 6.20 Å². The van der Waals surface area contributed by atoms with E-state index in [0.717, 1.165) is 25.0 Å². The van der Waals surface area contributed by atoms with Crippen LogP contribution < -0.4 is 0 Å². The highest BCUT2D eigenvalue weighted by atomic mass is 14.7. The minimum Gasteiger partial charge on any atom is -0.256 e. The predicted molar refractivity (Wildman–Crippen MR) is 125 cm³/mol. The Hall–Kier alpha value is -2.41. The molecule has 2 aromatic carbocycles. The van der Waals surface area contributed by atoms with E-state index in [1.165, 1.54) is 66.3 Å². The highest BCUT2D eigenvalue weighted by molar-refractivity contribution is 5.59. The van der Waals surface area contributed by atoms with Gasteiger partial charge in [-0.3, -0.25) is 4.98 Å². The van der Waals surface area contributed by atoms with E-state index in [1.54, 1.807) is 0 Å². The van der Waals surface area contributed by atoms with E-state index in [2.05, 4.69) is 79.5 Å². The topological polar surface area (TPSA) is 12.9 Å². The summed E-state index contributed by atoms with van der Waals surface area (Å²) in [5.74, 6) is 0. The number of unbranched alkanes of at least 4 members (excludes halogenated alkanes) is 3. The Morgan fingerprint density at radius 2 is 1.03 bits per heavy atom. The van der Waals surface area contributed by atoms with Crippen molar-refractivity contribution in [2.45, 2.75) is 71.6 Å². The molecule has 3 aromatic rings. The first-order chi connectivity index (χ1) is 14.3. The Kier molecular flexibility index (Phi) is 8.49.